The molecule has 1 aromatic heterocycles. The van der Waals surface area contributed by atoms with Crippen molar-refractivity contribution < 1.29 is 28.1 Å². The molecule has 35 heavy (non-hydrogen) atoms. The molecule has 2 fully saturated rings. The van der Waals surface area contributed by atoms with Crippen LogP contribution in [0, 0.1) is 23.2 Å². The fourth-order valence-corrected chi connectivity index (χ4v) is 6.28. The van der Waals surface area contributed by atoms with E-state index in [1.807, 2.05) is 0 Å². The predicted octanol–water partition coefficient (Wildman–Crippen LogP) is 5.99. The summed E-state index contributed by atoms with van der Waals surface area (Å²) in [6.45, 7) is 0.372. The molecule has 1 aliphatic heterocycles. The number of nitrogens with zero attached hydrogens (tertiary/aromatic N) is 2. The highest BCUT2D eigenvalue weighted by Crippen LogP contribution is 2.47. The highest BCUT2D eigenvalue weighted by molar-refractivity contribution is 7.13. The fraction of sp³-hybridized carbons (Fsp3) is 0.560. The van der Waals surface area contributed by atoms with Crippen molar-refractivity contribution in [2.45, 2.75) is 63.3 Å². The number of ether oxygens (including phenoxy) is 1. The van der Waals surface area contributed by atoms with Crippen molar-refractivity contribution in [3.8, 4) is 16.3 Å². The van der Waals surface area contributed by atoms with Crippen LogP contribution in [-0.4, -0.2) is 39.4 Å². The summed E-state index contributed by atoms with van der Waals surface area (Å²) in [7, 11) is 0. The summed E-state index contributed by atoms with van der Waals surface area (Å²) in [4.78, 5) is 8.92. The standard InChI is InChI=1S/C25H28F3N3O3S/c26-25(27,28)24(32,33)17-12-19(23-30-7-9-35-23)22-20(13-17)31-18(2-1-8-34-22)6-3-14-10-15-4-5-16(11-14)21(15)29/h7,9,12-16,29,32-33H,1-6,8,10-11H2. The second-order valence-corrected chi connectivity index (χ2v) is 10.7. The lowest BCUT2D eigenvalue weighted by Crippen LogP contribution is -2.42. The van der Waals surface area contributed by atoms with E-state index in [0.717, 1.165) is 68.5 Å². The van der Waals surface area contributed by atoms with Crippen LogP contribution < -0.4 is 4.74 Å². The van der Waals surface area contributed by atoms with Crippen LogP contribution in [0.4, 0.5) is 18.9 Å². The monoisotopic (exact) mass is 507 g/mol. The van der Waals surface area contributed by atoms with E-state index in [0.29, 0.717) is 41.5 Å². The molecule has 2 saturated carbocycles. The van der Waals surface area contributed by atoms with Crippen LogP contribution in [-0.2, 0) is 5.79 Å². The van der Waals surface area contributed by atoms with Gasteiger partial charge in [0.15, 0.2) is 5.75 Å². The van der Waals surface area contributed by atoms with E-state index in [2.05, 4.69) is 4.98 Å². The van der Waals surface area contributed by atoms with Crippen LogP contribution in [0.25, 0.3) is 10.6 Å². The summed E-state index contributed by atoms with van der Waals surface area (Å²) in [6, 6.07) is 2.14. The number of nitrogens with one attached hydrogen (secondary N) is 1. The Morgan fingerprint density at radius 2 is 1.89 bits per heavy atom. The Kier molecular flexibility index (Phi) is 6.48. The van der Waals surface area contributed by atoms with Gasteiger partial charge in [-0.25, -0.2) is 4.98 Å². The van der Waals surface area contributed by atoms with Gasteiger partial charge in [0.2, 0.25) is 0 Å². The van der Waals surface area contributed by atoms with Crippen molar-refractivity contribution in [3.05, 3.63) is 29.3 Å². The van der Waals surface area contributed by atoms with Crippen molar-refractivity contribution in [2.75, 3.05) is 6.61 Å². The van der Waals surface area contributed by atoms with Crippen molar-refractivity contribution in [1.82, 2.24) is 4.98 Å². The molecule has 188 valence electrons. The molecule has 10 heteroatoms. The van der Waals surface area contributed by atoms with Crippen LogP contribution in [0.5, 0.6) is 5.75 Å². The third kappa shape index (κ3) is 4.75. The molecule has 1 aromatic carbocycles. The third-order valence-corrected chi connectivity index (χ3v) is 8.29. The van der Waals surface area contributed by atoms with Crippen LogP contribution in [0.2, 0.25) is 0 Å². The Morgan fingerprint density at radius 1 is 1.14 bits per heavy atom. The van der Waals surface area contributed by atoms with Gasteiger partial charge in [0.05, 0.1) is 12.2 Å². The first-order valence-electron chi connectivity index (χ1n) is 12.0. The number of benzene rings is 1. The number of aliphatic hydroxyl groups is 2. The van der Waals surface area contributed by atoms with E-state index in [-0.39, 0.29) is 11.3 Å². The Labute approximate surface area is 205 Å². The highest BCUT2D eigenvalue weighted by atomic mass is 32.1. The summed E-state index contributed by atoms with van der Waals surface area (Å²) in [5, 5.41) is 30.3. The van der Waals surface area contributed by atoms with E-state index < -0.39 is 17.5 Å². The van der Waals surface area contributed by atoms with Gasteiger partial charge in [0.25, 0.3) is 5.79 Å². The molecule has 5 rings (SSSR count). The Bertz CT molecular complexity index is 1110. The van der Waals surface area contributed by atoms with Gasteiger partial charge in [0, 0.05) is 28.6 Å². The molecular weight excluding hydrogens is 479 g/mol. The molecule has 0 amide bonds. The zero-order valence-corrected chi connectivity index (χ0v) is 20.0. The Balaban J connectivity index is 1.48. The highest BCUT2D eigenvalue weighted by Gasteiger charge is 2.54. The topological polar surface area (TPSA) is 98.8 Å². The molecule has 2 aromatic rings. The summed E-state index contributed by atoms with van der Waals surface area (Å²) >= 11 is 1.22. The Hall–Kier alpha value is -2.30. The normalized spacial score (nSPS) is 24.9. The van der Waals surface area contributed by atoms with E-state index >= 15 is 0 Å². The number of halogens is 3. The number of aliphatic imine (C=N–C) groups is 1. The van der Waals surface area contributed by atoms with E-state index in [4.69, 9.17) is 15.1 Å². The zero-order valence-electron chi connectivity index (χ0n) is 19.1. The largest absolute Gasteiger partial charge is 0.491 e. The summed E-state index contributed by atoms with van der Waals surface area (Å²) < 4.78 is 46.3. The second kappa shape index (κ2) is 9.29. The van der Waals surface area contributed by atoms with Crippen LogP contribution in [0.15, 0.2) is 28.7 Å². The maximum Gasteiger partial charge on any atom is 0.447 e. The molecule has 3 aliphatic rings. The number of rotatable bonds is 5. The average molecular weight is 508 g/mol. The lowest BCUT2D eigenvalue weighted by molar-refractivity contribution is -0.358. The van der Waals surface area contributed by atoms with Gasteiger partial charge >= 0.3 is 6.18 Å². The van der Waals surface area contributed by atoms with Gasteiger partial charge in [-0.1, -0.05) is 0 Å². The van der Waals surface area contributed by atoms with E-state index in [1.54, 1.807) is 5.38 Å². The SMILES string of the molecule is N=C1C2CCC1CC(CCC1=Nc3cc(C(O)(O)C(F)(F)F)cc(-c4nccs4)c3OCCC1)C2. The smallest absolute Gasteiger partial charge is 0.447 e. The third-order valence-electron chi connectivity index (χ3n) is 7.48. The van der Waals surface area contributed by atoms with E-state index in [9.17, 15) is 23.4 Å². The summed E-state index contributed by atoms with van der Waals surface area (Å²) in [5.74, 6) is -2.39. The maximum atomic E-state index is 13.5. The molecule has 2 atom stereocenters. The maximum absolute atomic E-state index is 13.5. The van der Waals surface area contributed by atoms with Crippen molar-refractivity contribution in [3.63, 3.8) is 0 Å². The average Bonchev–Trinajstić information content (AvgIpc) is 3.37. The van der Waals surface area contributed by atoms with Crippen LogP contribution >= 0.6 is 11.3 Å². The van der Waals surface area contributed by atoms with Gasteiger partial charge in [-0.05, 0) is 81.3 Å². The zero-order chi connectivity index (χ0) is 24.8. The molecule has 2 aliphatic carbocycles. The van der Waals surface area contributed by atoms with Gasteiger partial charge in [-0.15, -0.1) is 11.3 Å². The quantitative estimate of drug-likeness (QED) is 0.433. The minimum atomic E-state index is -5.29. The molecule has 0 spiro atoms. The minimum Gasteiger partial charge on any atom is -0.491 e. The summed E-state index contributed by atoms with van der Waals surface area (Å²) in [5.41, 5.74) is 1.49. The number of hydrogen-bond acceptors (Lipinski definition) is 7. The van der Waals surface area contributed by atoms with Crippen molar-refractivity contribution in [1.29, 1.82) is 5.41 Å². The number of aromatic nitrogens is 1. The summed E-state index contributed by atoms with van der Waals surface area (Å²) in [6.07, 6.45) is 3.56. The number of fused-ring (bicyclic) bond motifs is 3. The molecule has 2 bridgehead atoms. The Morgan fingerprint density at radius 3 is 2.54 bits per heavy atom. The van der Waals surface area contributed by atoms with Crippen LogP contribution in [0.3, 0.4) is 0 Å². The predicted molar refractivity (Wildman–Crippen MR) is 127 cm³/mol. The molecule has 0 radical (unpaired) electrons. The lowest BCUT2D eigenvalue weighted by Gasteiger charge is -2.29. The molecule has 0 saturated heterocycles. The molecule has 6 nitrogen and oxygen atoms in total. The first-order valence-corrected chi connectivity index (χ1v) is 12.9. The van der Waals surface area contributed by atoms with Gasteiger partial charge in [-0.3, -0.25) is 4.99 Å². The fourth-order valence-electron chi connectivity index (χ4n) is 5.63. The number of alkyl halides is 3. The van der Waals surface area contributed by atoms with Crippen molar-refractivity contribution >= 4 is 28.4 Å². The molecular formula is C25H28F3N3O3S. The second-order valence-electron chi connectivity index (χ2n) is 9.81. The molecule has 2 unspecified atom stereocenters. The van der Waals surface area contributed by atoms with E-state index in [1.165, 1.54) is 17.5 Å². The van der Waals surface area contributed by atoms with Crippen LogP contribution in [0.1, 0.15) is 56.9 Å². The lowest BCUT2D eigenvalue weighted by atomic mass is 9.77. The minimum absolute atomic E-state index is 0.157. The first-order chi connectivity index (χ1) is 16.6. The molecule has 2 heterocycles. The van der Waals surface area contributed by atoms with Crippen molar-refractivity contribution in [2.24, 2.45) is 22.7 Å². The number of hydrogen-bond donors (Lipinski definition) is 3. The van der Waals surface area contributed by atoms with Gasteiger partial charge in [0.1, 0.15) is 10.7 Å². The van der Waals surface area contributed by atoms with Gasteiger partial charge in [-0.2, -0.15) is 13.2 Å². The van der Waals surface area contributed by atoms with Gasteiger partial charge < -0.3 is 20.4 Å². The molecule has 3 N–H and O–H groups in total. The first kappa shape index (κ1) is 24.4. The number of thiazole rings is 1.